The van der Waals surface area contributed by atoms with Crippen LogP contribution in [-0.4, -0.2) is 20.8 Å². The van der Waals surface area contributed by atoms with E-state index in [4.69, 9.17) is 5.73 Å². The van der Waals surface area contributed by atoms with E-state index < -0.39 is 0 Å². The lowest BCUT2D eigenvalue weighted by Crippen LogP contribution is -2.32. The highest BCUT2D eigenvalue weighted by molar-refractivity contribution is 5.25. The Morgan fingerprint density at radius 2 is 2.00 bits per heavy atom. The van der Waals surface area contributed by atoms with Crippen LogP contribution in [0, 0.1) is 6.92 Å². The Hall–Kier alpha value is -1.68. The molecule has 2 N–H and O–H groups in total. The molecule has 2 aromatic rings. The Morgan fingerprint density at radius 3 is 2.53 bits per heavy atom. The fourth-order valence-corrected chi connectivity index (χ4v) is 1.94. The molecule has 0 aliphatic heterocycles. The third-order valence-corrected chi connectivity index (χ3v) is 3.02. The van der Waals surface area contributed by atoms with Crippen LogP contribution in [0.15, 0.2) is 36.9 Å². The van der Waals surface area contributed by atoms with Crippen LogP contribution >= 0.6 is 0 Å². The molecule has 2 atom stereocenters. The molecule has 2 rings (SSSR count). The van der Waals surface area contributed by atoms with Gasteiger partial charge in [-0.15, -0.1) is 0 Å². The smallest absolute Gasteiger partial charge is 0.137 e. The zero-order chi connectivity index (χ0) is 12.3. The molecule has 0 saturated heterocycles. The van der Waals surface area contributed by atoms with Crippen LogP contribution in [0.1, 0.15) is 30.5 Å². The topological polar surface area (TPSA) is 56.7 Å². The van der Waals surface area contributed by atoms with Crippen LogP contribution in [0.3, 0.4) is 0 Å². The number of hydrogen-bond donors (Lipinski definition) is 1. The summed E-state index contributed by atoms with van der Waals surface area (Å²) in [7, 11) is 0. The maximum atomic E-state index is 6.19. The third-order valence-electron chi connectivity index (χ3n) is 3.02. The van der Waals surface area contributed by atoms with Crippen LogP contribution in [0.25, 0.3) is 0 Å². The number of aromatic nitrogens is 3. The lowest BCUT2D eigenvalue weighted by molar-refractivity contribution is 0.423. The van der Waals surface area contributed by atoms with E-state index in [1.54, 1.807) is 12.7 Å². The van der Waals surface area contributed by atoms with Crippen molar-refractivity contribution in [3.63, 3.8) is 0 Å². The lowest BCUT2D eigenvalue weighted by atomic mass is 9.97. The molecule has 0 bridgehead atoms. The van der Waals surface area contributed by atoms with Gasteiger partial charge in [-0.05, 0) is 18.9 Å². The highest BCUT2D eigenvalue weighted by atomic mass is 15.3. The molecule has 0 fully saturated rings. The van der Waals surface area contributed by atoms with E-state index in [0.29, 0.717) is 0 Å². The summed E-state index contributed by atoms with van der Waals surface area (Å²) < 4.78 is 1.83. The van der Waals surface area contributed by atoms with Gasteiger partial charge in [-0.25, -0.2) is 9.67 Å². The second-order valence-electron chi connectivity index (χ2n) is 4.30. The summed E-state index contributed by atoms with van der Waals surface area (Å²) in [6, 6.07) is 8.51. The van der Waals surface area contributed by atoms with E-state index in [2.05, 4.69) is 48.2 Å². The molecule has 0 saturated carbocycles. The number of nitrogens with two attached hydrogens (primary N) is 1. The Kier molecular flexibility index (Phi) is 3.54. The van der Waals surface area contributed by atoms with Crippen molar-refractivity contribution in [1.82, 2.24) is 14.8 Å². The van der Waals surface area contributed by atoms with Crippen LogP contribution in [0.5, 0.6) is 0 Å². The minimum absolute atomic E-state index is 0.0411. The molecular formula is C13H18N4. The van der Waals surface area contributed by atoms with Gasteiger partial charge >= 0.3 is 0 Å². The van der Waals surface area contributed by atoms with Crippen molar-refractivity contribution in [2.45, 2.75) is 32.4 Å². The zero-order valence-corrected chi connectivity index (χ0v) is 10.2. The minimum Gasteiger partial charge on any atom is -0.326 e. The summed E-state index contributed by atoms with van der Waals surface area (Å²) in [5.74, 6) is 0. The maximum Gasteiger partial charge on any atom is 0.137 e. The summed E-state index contributed by atoms with van der Waals surface area (Å²) in [4.78, 5) is 4.00. The van der Waals surface area contributed by atoms with E-state index in [-0.39, 0.29) is 12.1 Å². The second kappa shape index (κ2) is 5.10. The molecule has 0 spiro atoms. The molecule has 1 aromatic carbocycles. The molecule has 0 unspecified atom stereocenters. The van der Waals surface area contributed by atoms with Crippen molar-refractivity contribution in [3.05, 3.63) is 48.0 Å². The van der Waals surface area contributed by atoms with E-state index >= 15 is 0 Å². The highest BCUT2D eigenvalue weighted by Gasteiger charge is 2.20. The molecule has 90 valence electrons. The number of aryl methyl sites for hydroxylation is 1. The van der Waals surface area contributed by atoms with E-state index in [1.165, 1.54) is 11.1 Å². The van der Waals surface area contributed by atoms with Crippen molar-refractivity contribution in [2.24, 2.45) is 5.73 Å². The largest absolute Gasteiger partial charge is 0.326 e. The molecule has 4 heteroatoms. The Morgan fingerprint density at radius 1 is 1.29 bits per heavy atom. The fraction of sp³-hybridized carbons (Fsp3) is 0.385. The summed E-state index contributed by atoms with van der Waals surface area (Å²) in [5, 5.41) is 4.21. The highest BCUT2D eigenvalue weighted by Crippen LogP contribution is 2.22. The van der Waals surface area contributed by atoms with Crippen LogP contribution in [-0.2, 0) is 0 Å². The zero-order valence-electron chi connectivity index (χ0n) is 10.2. The van der Waals surface area contributed by atoms with Crippen molar-refractivity contribution >= 4 is 0 Å². The first kappa shape index (κ1) is 11.8. The molecule has 1 heterocycles. The summed E-state index contributed by atoms with van der Waals surface area (Å²) >= 11 is 0. The molecule has 1 aromatic heterocycles. The Balaban J connectivity index is 2.37. The molecule has 0 aliphatic carbocycles. The molecule has 0 amide bonds. The van der Waals surface area contributed by atoms with Gasteiger partial charge in [0.15, 0.2) is 0 Å². The van der Waals surface area contributed by atoms with Crippen LogP contribution in [0.2, 0.25) is 0 Å². The Bertz CT molecular complexity index is 447. The quantitative estimate of drug-likeness (QED) is 0.873. The molecular weight excluding hydrogens is 212 g/mol. The lowest BCUT2D eigenvalue weighted by Gasteiger charge is -2.23. The SMILES string of the molecule is CC[C@@H](N)[C@H](c1ccc(C)cc1)n1cncn1. The van der Waals surface area contributed by atoms with Gasteiger partial charge in [0.05, 0.1) is 6.04 Å². The first-order valence-corrected chi connectivity index (χ1v) is 5.88. The summed E-state index contributed by atoms with van der Waals surface area (Å²) in [6.07, 6.45) is 4.17. The first-order valence-electron chi connectivity index (χ1n) is 5.88. The third kappa shape index (κ3) is 2.53. The van der Waals surface area contributed by atoms with Crippen molar-refractivity contribution in [2.75, 3.05) is 0 Å². The average molecular weight is 230 g/mol. The number of benzene rings is 1. The summed E-state index contributed by atoms with van der Waals surface area (Å²) in [5.41, 5.74) is 8.61. The number of nitrogens with zero attached hydrogens (tertiary/aromatic N) is 3. The average Bonchev–Trinajstić information content (AvgIpc) is 2.85. The minimum atomic E-state index is 0.0411. The predicted molar refractivity (Wildman–Crippen MR) is 67.6 cm³/mol. The van der Waals surface area contributed by atoms with Crippen LogP contribution < -0.4 is 5.73 Å². The molecule has 17 heavy (non-hydrogen) atoms. The van der Waals surface area contributed by atoms with Crippen molar-refractivity contribution in [3.8, 4) is 0 Å². The second-order valence-corrected chi connectivity index (χ2v) is 4.30. The van der Waals surface area contributed by atoms with Gasteiger partial charge in [-0.3, -0.25) is 0 Å². The summed E-state index contributed by atoms with van der Waals surface area (Å²) in [6.45, 7) is 4.16. The van der Waals surface area contributed by atoms with Gasteiger partial charge in [0.1, 0.15) is 12.7 Å². The van der Waals surface area contributed by atoms with Gasteiger partial charge < -0.3 is 5.73 Å². The Labute approximate surface area is 101 Å². The normalized spacial score (nSPS) is 14.5. The number of hydrogen-bond acceptors (Lipinski definition) is 3. The van der Waals surface area contributed by atoms with Gasteiger partial charge in [0.25, 0.3) is 0 Å². The maximum absolute atomic E-state index is 6.19. The van der Waals surface area contributed by atoms with Crippen molar-refractivity contribution in [1.29, 1.82) is 0 Å². The first-order chi connectivity index (χ1) is 8.22. The molecule has 0 aliphatic rings. The monoisotopic (exact) mass is 230 g/mol. The standard InChI is InChI=1S/C13H18N4/c1-3-12(14)13(17-9-15-8-16-17)11-6-4-10(2)5-7-11/h4-9,12-13H,3,14H2,1-2H3/t12-,13+/m1/s1. The van der Waals surface area contributed by atoms with Gasteiger partial charge in [-0.2, -0.15) is 5.10 Å². The predicted octanol–water partition coefficient (Wildman–Crippen LogP) is 1.91. The fourth-order valence-electron chi connectivity index (χ4n) is 1.94. The van der Waals surface area contributed by atoms with Gasteiger partial charge in [-0.1, -0.05) is 36.8 Å². The van der Waals surface area contributed by atoms with Gasteiger partial charge in [0, 0.05) is 6.04 Å². The van der Waals surface area contributed by atoms with Gasteiger partial charge in [0.2, 0.25) is 0 Å². The van der Waals surface area contributed by atoms with E-state index in [0.717, 1.165) is 6.42 Å². The molecule has 4 nitrogen and oxygen atoms in total. The van der Waals surface area contributed by atoms with Crippen molar-refractivity contribution < 1.29 is 0 Å². The van der Waals surface area contributed by atoms with E-state index in [1.807, 2.05) is 4.68 Å². The van der Waals surface area contributed by atoms with Crippen LogP contribution in [0.4, 0.5) is 0 Å². The number of rotatable bonds is 4. The molecule has 0 radical (unpaired) electrons. The van der Waals surface area contributed by atoms with E-state index in [9.17, 15) is 0 Å².